The van der Waals surface area contributed by atoms with E-state index in [4.69, 9.17) is 18.9 Å². The third-order valence-electron chi connectivity index (χ3n) is 6.71. The third-order valence-corrected chi connectivity index (χ3v) is 6.71. The number of morpholine rings is 1. The number of benzene rings is 2. The molecule has 1 N–H and O–H groups in total. The lowest BCUT2D eigenvalue weighted by Crippen LogP contribution is -3.14. The number of methoxy groups -OCH3 is 3. The quantitative estimate of drug-likeness (QED) is 0.302. The van der Waals surface area contributed by atoms with Gasteiger partial charge in [-0.05, 0) is 35.4 Å². The van der Waals surface area contributed by atoms with E-state index in [0.29, 0.717) is 35.8 Å². The molecule has 0 aromatic heterocycles. The Morgan fingerprint density at radius 1 is 1.03 bits per heavy atom. The normalized spacial score (nSPS) is 20.0. The predicted octanol–water partition coefficient (Wildman–Crippen LogP) is 0.242. The Bertz CT molecular complexity index is 1140. The minimum atomic E-state index is -0.830. The van der Waals surface area contributed by atoms with Crippen LogP contribution in [0.5, 0.6) is 17.2 Å². The van der Waals surface area contributed by atoms with Gasteiger partial charge in [0.1, 0.15) is 18.8 Å². The van der Waals surface area contributed by atoms with Gasteiger partial charge in [0.05, 0.1) is 47.1 Å². The summed E-state index contributed by atoms with van der Waals surface area (Å²) in [4.78, 5) is 29.4. The number of ketones is 1. The van der Waals surface area contributed by atoms with E-state index in [1.807, 2.05) is 0 Å². The first-order valence-corrected chi connectivity index (χ1v) is 12.0. The standard InChI is InChI=1S/C27H32N2O7/c1-33-20-7-4-6-19(16-20)25(30)23-24(18-8-9-21(34-2)22(17-18)35-3)29(27(32)26(23)31)11-5-10-28-12-14-36-15-13-28/h4,6-9,16-17,24,30H,5,10-15H2,1-3H3. The Balaban J connectivity index is 1.73. The molecule has 4 rings (SSSR count). The second kappa shape index (κ2) is 11.5. The van der Waals surface area contributed by atoms with Crippen LogP contribution in [0.1, 0.15) is 23.6 Å². The predicted molar refractivity (Wildman–Crippen MR) is 130 cm³/mol. The highest BCUT2D eigenvalue weighted by atomic mass is 16.5. The highest BCUT2D eigenvalue weighted by molar-refractivity contribution is 6.46. The number of nitrogens with one attached hydrogen (secondary N) is 1. The molecule has 0 radical (unpaired) electrons. The van der Waals surface area contributed by atoms with Crippen LogP contribution in [0.3, 0.4) is 0 Å². The summed E-state index contributed by atoms with van der Waals surface area (Å²) in [6.45, 7) is 4.47. The largest absolute Gasteiger partial charge is 0.872 e. The molecule has 0 bridgehead atoms. The van der Waals surface area contributed by atoms with Crippen LogP contribution in [0.15, 0.2) is 48.0 Å². The molecule has 2 heterocycles. The number of rotatable bonds is 9. The number of quaternary nitrogens is 1. The van der Waals surface area contributed by atoms with Crippen LogP contribution in [-0.2, 0) is 14.3 Å². The zero-order valence-corrected chi connectivity index (χ0v) is 20.9. The molecule has 1 atom stereocenters. The molecule has 1 amide bonds. The van der Waals surface area contributed by atoms with Gasteiger partial charge in [0, 0.05) is 18.5 Å². The molecule has 192 valence electrons. The summed E-state index contributed by atoms with van der Waals surface area (Å²) in [5, 5.41) is 13.6. The van der Waals surface area contributed by atoms with Crippen molar-refractivity contribution in [1.82, 2.24) is 4.90 Å². The van der Waals surface area contributed by atoms with E-state index in [1.165, 1.54) is 31.1 Å². The van der Waals surface area contributed by atoms with Gasteiger partial charge in [0.15, 0.2) is 11.5 Å². The summed E-state index contributed by atoms with van der Waals surface area (Å²) < 4.78 is 21.5. The molecule has 2 aromatic rings. The van der Waals surface area contributed by atoms with Crippen molar-refractivity contribution in [1.29, 1.82) is 0 Å². The zero-order valence-electron chi connectivity index (χ0n) is 20.9. The van der Waals surface area contributed by atoms with E-state index in [2.05, 4.69) is 0 Å². The van der Waals surface area contributed by atoms with Gasteiger partial charge in [-0.15, -0.1) is 0 Å². The molecule has 2 aromatic carbocycles. The SMILES string of the molecule is COc1cccc(C([O-])=C2C(=O)C(=O)N(CCC[NH+]3CCOCC3)C2c2ccc(OC)c(OC)c2)c1. The van der Waals surface area contributed by atoms with Gasteiger partial charge in [-0.25, -0.2) is 0 Å². The van der Waals surface area contributed by atoms with E-state index >= 15 is 0 Å². The van der Waals surface area contributed by atoms with Crippen LogP contribution in [0.2, 0.25) is 0 Å². The molecule has 2 fully saturated rings. The minimum Gasteiger partial charge on any atom is -0.872 e. The number of hydrogen-bond donors (Lipinski definition) is 1. The van der Waals surface area contributed by atoms with Crippen molar-refractivity contribution in [2.24, 2.45) is 0 Å². The molecule has 0 spiro atoms. The Morgan fingerprint density at radius 2 is 1.78 bits per heavy atom. The van der Waals surface area contributed by atoms with Gasteiger partial charge in [-0.1, -0.05) is 24.0 Å². The van der Waals surface area contributed by atoms with Crippen molar-refractivity contribution in [2.75, 3.05) is 60.7 Å². The van der Waals surface area contributed by atoms with Gasteiger partial charge in [-0.3, -0.25) is 9.59 Å². The van der Waals surface area contributed by atoms with Crippen LogP contribution in [-0.4, -0.2) is 77.3 Å². The number of likely N-dealkylation sites (tertiary alicyclic amines) is 1. The van der Waals surface area contributed by atoms with Crippen LogP contribution >= 0.6 is 0 Å². The van der Waals surface area contributed by atoms with Crippen LogP contribution in [0.4, 0.5) is 0 Å². The number of hydrogen-bond acceptors (Lipinski definition) is 7. The molecule has 9 nitrogen and oxygen atoms in total. The monoisotopic (exact) mass is 496 g/mol. The molecule has 36 heavy (non-hydrogen) atoms. The van der Waals surface area contributed by atoms with Gasteiger partial charge in [0.25, 0.3) is 5.91 Å². The molecule has 1 unspecified atom stereocenters. The van der Waals surface area contributed by atoms with Crippen LogP contribution < -0.4 is 24.2 Å². The topological polar surface area (TPSA) is 102 Å². The number of carbonyl (C=O) groups excluding carboxylic acids is 2. The lowest BCUT2D eigenvalue weighted by molar-refractivity contribution is -0.908. The zero-order chi connectivity index (χ0) is 25.7. The van der Waals surface area contributed by atoms with Crippen molar-refractivity contribution in [2.45, 2.75) is 12.5 Å². The van der Waals surface area contributed by atoms with Gasteiger partial charge >= 0.3 is 0 Å². The average molecular weight is 497 g/mol. The molecule has 2 aliphatic rings. The lowest BCUT2D eigenvalue weighted by Gasteiger charge is -2.29. The fraction of sp³-hybridized carbons (Fsp3) is 0.407. The lowest BCUT2D eigenvalue weighted by atomic mass is 9.95. The smallest absolute Gasteiger partial charge is 0.295 e. The third kappa shape index (κ3) is 5.17. The average Bonchev–Trinajstić information content (AvgIpc) is 3.17. The van der Waals surface area contributed by atoms with Crippen molar-refractivity contribution < 1.29 is 38.5 Å². The van der Waals surface area contributed by atoms with Gasteiger partial charge in [0.2, 0.25) is 5.78 Å². The van der Waals surface area contributed by atoms with Crippen molar-refractivity contribution in [3.05, 3.63) is 59.2 Å². The summed E-state index contributed by atoms with van der Waals surface area (Å²) in [6, 6.07) is 11.0. The molecule has 0 saturated carbocycles. The number of nitrogens with zero attached hydrogens (tertiary/aromatic N) is 1. The molecular formula is C27H32N2O7. The van der Waals surface area contributed by atoms with E-state index in [1.54, 1.807) is 42.5 Å². The molecular weight excluding hydrogens is 464 g/mol. The Morgan fingerprint density at radius 3 is 2.47 bits per heavy atom. The first kappa shape index (κ1) is 25.5. The summed E-state index contributed by atoms with van der Waals surface area (Å²) in [5.74, 6) is -0.480. The van der Waals surface area contributed by atoms with E-state index in [-0.39, 0.29) is 11.1 Å². The van der Waals surface area contributed by atoms with Gasteiger partial charge < -0.3 is 33.9 Å². The summed E-state index contributed by atoms with van der Waals surface area (Å²) in [6.07, 6.45) is 0.693. The number of ether oxygens (including phenoxy) is 4. The minimum absolute atomic E-state index is 0.0702. The summed E-state index contributed by atoms with van der Waals surface area (Å²) in [7, 11) is 4.55. The van der Waals surface area contributed by atoms with Crippen LogP contribution in [0.25, 0.3) is 5.76 Å². The van der Waals surface area contributed by atoms with Crippen molar-refractivity contribution in [3.8, 4) is 17.2 Å². The summed E-state index contributed by atoms with van der Waals surface area (Å²) in [5.41, 5.74) is 0.826. The molecule has 2 saturated heterocycles. The highest BCUT2D eigenvalue weighted by Gasteiger charge is 2.44. The number of carbonyl (C=O) groups is 2. The summed E-state index contributed by atoms with van der Waals surface area (Å²) >= 11 is 0. The molecule has 9 heteroatoms. The number of amides is 1. The fourth-order valence-corrected chi connectivity index (χ4v) is 4.80. The maximum Gasteiger partial charge on any atom is 0.295 e. The second-order valence-corrected chi connectivity index (χ2v) is 8.79. The van der Waals surface area contributed by atoms with Crippen LogP contribution in [0, 0.1) is 0 Å². The second-order valence-electron chi connectivity index (χ2n) is 8.79. The fourth-order valence-electron chi connectivity index (χ4n) is 4.80. The molecule has 0 aliphatic carbocycles. The maximum absolute atomic E-state index is 13.6. The van der Waals surface area contributed by atoms with Crippen molar-refractivity contribution in [3.63, 3.8) is 0 Å². The first-order valence-electron chi connectivity index (χ1n) is 12.0. The van der Waals surface area contributed by atoms with E-state index < -0.39 is 23.5 Å². The van der Waals surface area contributed by atoms with E-state index in [9.17, 15) is 14.7 Å². The first-order chi connectivity index (χ1) is 17.5. The van der Waals surface area contributed by atoms with E-state index in [0.717, 1.165) is 32.8 Å². The Labute approximate surface area is 210 Å². The highest BCUT2D eigenvalue weighted by Crippen LogP contribution is 2.41. The van der Waals surface area contributed by atoms with Gasteiger partial charge in [-0.2, -0.15) is 0 Å². The Hall–Kier alpha value is -3.56. The molecule has 2 aliphatic heterocycles. The Kier molecular flexibility index (Phi) is 8.12. The maximum atomic E-state index is 13.6. The van der Waals surface area contributed by atoms with Crippen molar-refractivity contribution >= 4 is 17.4 Å². The number of Topliss-reactive ketones (excluding diaryl/α,β-unsaturated/α-hetero) is 1.